The Balaban J connectivity index is 3.65. The lowest BCUT2D eigenvalue weighted by Gasteiger charge is -2.20. The van der Waals surface area contributed by atoms with Crippen molar-refractivity contribution in [3.63, 3.8) is 0 Å². The van der Waals surface area contributed by atoms with Gasteiger partial charge in [0.05, 0.1) is 5.60 Å². The summed E-state index contributed by atoms with van der Waals surface area (Å²) in [5.41, 5.74) is -0.683. The highest BCUT2D eigenvalue weighted by Crippen LogP contribution is 2.25. The standard InChI is InChI=1S/C30H60O/c1-9-30(8,31)24-14-23-29(7)22-13-21-28(6)20-12-19-27(5)18-11-17-26(4)16-10-15-25(2)3/h9,25-29,31H,1,10-24H2,2-8H3. The van der Waals surface area contributed by atoms with Crippen LogP contribution in [0.4, 0.5) is 0 Å². The van der Waals surface area contributed by atoms with Crippen LogP contribution in [0.15, 0.2) is 12.7 Å². The number of aliphatic hydroxyl groups is 1. The minimum atomic E-state index is -0.683. The first kappa shape index (κ1) is 30.7. The lowest BCUT2D eigenvalue weighted by molar-refractivity contribution is 0.0974. The Bertz CT molecular complexity index is 411. The zero-order chi connectivity index (χ0) is 23.7. The van der Waals surface area contributed by atoms with Crippen molar-refractivity contribution in [2.75, 3.05) is 0 Å². The fourth-order valence-electron chi connectivity index (χ4n) is 4.81. The smallest absolute Gasteiger partial charge is 0.0797 e. The van der Waals surface area contributed by atoms with E-state index in [2.05, 4.69) is 48.1 Å². The van der Waals surface area contributed by atoms with Crippen LogP contribution >= 0.6 is 0 Å². The molecule has 0 bridgehead atoms. The fourth-order valence-corrected chi connectivity index (χ4v) is 4.81. The molecule has 0 amide bonds. The van der Waals surface area contributed by atoms with Gasteiger partial charge < -0.3 is 5.11 Å². The van der Waals surface area contributed by atoms with Crippen molar-refractivity contribution in [2.24, 2.45) is 29.6 Å². The molecule has 0 saturated heterocycles. The molecule has 0 aromatic carbocycles. The van der Waals surface area contributed by atoms with E-state index in [1.807, 2.05) is 6.92 Å². The van der Waals surface area contributed by atoms with Gasteiger partial charge in [-0.15, -0.1) is 6.58 Å². The van der Waals surface area contributed by atoms with Crippen LogP contribution in [-0.4, -0.2) is 10.7 Å². The van der Waals surface area contributed by atoms with Crippen molar-refractivity contribution in [2.45, 2.75) is 150 Å². The van der Waals surface area contributed by atoms with E-state index in [4.69, 9.17) is 0 Å². The Kier molecular flexibility index (Phi) is 18.0. The highest BCUT2D eigenvalue weighted by Gasteiger charge is 2.15. The molecule has 0 aromatic heterocycles. The van der Waals surface area contributed by atoms with E-state index in [9.17, 15) is 5.11 Å². The molecule has 5 unspecified atom stereocenters. The minimum Gasteiger partial charge on any atom is -0.386 e. The maximum Gasteiger partial charge on any atom is 0.0797 e. The van der Waals surface area contributed by atoms with Gasteiger partial charge in [-0.3, -0.25) is 0 Å². The molecule has 0 radical (unpaired) electrons. The van der Waals surface area contributed by atoms with E-state index in [0.29, 0.717) is 0 Å². The third-order valence-electron chi connectivity index (χ3n) is 7.48. The van der Waals surface area contributed by atoms with Gasteiger partial charge in [0.1, 0.15) is 0 Å². The Morgan fingerprint density at radius 2 is 0.871 bits per heavy atom. The van der Waals surface area contributed by atoms with Gasteiger partial charge in [0, 0.05) is 0 Å². The first-order chi connectivity index (χ1) is 14.6. The monoisotopic (exact) mass is 436 g/mol. The molecule has 1 N–H and O–H groups in total. The van der Waals surface area contributed by atoms with Crippen LogP contribution in [0.25, 0.3) is 0 Å². The summed E-state index contributed by atoms with van der Waals surface area (Å²) < 4.78 is 0. The Labute approximate surface area is 197 Å². The molecule has 1 heteroatoms. The second-order valence-corrected chi connectivity index (χ2v) is 12.0. The molecule has 0 aromatic rings. The van der Waals surface area contributed by atoms with Gasteiger partial charge >= 0.3 is 0 Å². The Hall–Kier alpha value is -0.300. The third-order valence-corrected chi connectivity index (χ3v) is 7.48. The Morgan fingerprint density at radius 1 is 0.581 bits per heavy atom. The quantitative estimate of drug-likeness (QED) is 0.177. The van der Waals surface area contributed by atoms with E-state index in [1.54, 1.807) is 6.08 Å². The molecule has 1 nitrogen and oxygen atoms in total. The summed E-state index contributed by atoms with van der Waals surface area (Å²) in [6, 6.07) is 0. The van der Waals surface area contributed by atoms with E-state index in [1.165, 1.54) is 83.5 Å². The molecule has 0 aliphatic rings. The predicted molar refractivity (Wildman–Crippen MR) is 142 cm³/mol. The van der Waals surface area contributed by atoms with E-state index >= 15 is 0 Å². The molecule has 0 spiro atoms. The summed E-state index contributed by atoms with van der Waals surface area (Å²) >= 11 is 0. The lowest BCUT2D eigenvalue weighted by atomic mass is 9.89. The molecule has 0 fully saturated rings. The molecule has 0 saturated carbocycles. The second-order valence-electron chi connectivity index (χ2n) is 12.0. The maximum atomic E-state index is 10.0. The summed E-state index contributed by atoms with van der Waals surface area (Å²) in [5, 5.41) is 10.0. The average molecular weight is 437 g/mol. The van der Waals surface area contributed by atoms with Crippen LogP contribution in [0, 0.1) is 29.6 Å². The largest absolute Gasteiger partial charge is 0.386 e. The number of hydrogen-bond donors (Lipinski definition) is 1. The molecule has 0 aliphatic heterocycles. The van der Waals surface area contributed by atoms with Gasteiger partial charge in [-0.05, 0) is 42.9 Å². The van der Waals surface area contributed by atoms with Crippen LogP contribution in [0.2, 0.25) is 0 Å². The van der Waals surface area contributed by atoms with Crippen molar-refractivity contribution in [3.05, 3.63) is 12.7 Å². The van der Waals surface area contributed by atoms with Crippen molar-refractivity contribution in [1.82, 2.24) is 0 Å². The van der Waals surface area contributed by atoms with E-state index in [0.717, 1.165) is 42.4 Å². The van der Waals surface area contributed by atoms with Crippen LogP contribution in [-0.2, 0) is 0 Å². The minimum absolute atomic E-state index is 0.683. The summed E-state index contributed by atoms with van der Waals surface area (Å²) in [6.45, 7) is 20.0. The van der Waals surface area contributed by atoms with Crippen molar-refractivity contribution < 1.29 is 5.11 Å². The summed E-state index contributed by atoms with van der Waals surface area (Å²) in [4.78, 5) is 0. The molecule has 0 heterocycles. The zero-order valence-electron chi connectivity index (χ0n) is 22.7. The number of hydrogen-bond acceptors (Lipinski definition) is 1. The fraction of sp³-hybridized carbons (Fsp3) is 0.933. The van der Waals surface area contributed by atoms with E-state index in [-0.39, 0.29) is 0 Å². The highest BCUT2D eigenvalue weighted by atomic mass is 16.3. The van der Waals surface area contributed by atoms with Gasteiger partial charge in [-0.1, -0.05) is 138 Å². The van der Waals surface area contributed by atoms with Crippen molar-refractivity contribution >= 4 is 0 Å². The molecular formula is C30H60O. The van der Waals surface area contributed by atoms with Crippen molar-refractivity contribution in [1.29, 1.82) is 0 Å². The molecule has 31 heavy (non-hydrogen) atoms. The van der Waals surface area contributed by atoms with Crippen LogP contribution in [0.3, 0.4) is 0 Å². The lowest BCUT2D eigenvalue weighted by Crippen LogP contribution is -2.20. The Morgan fingerprint density at radius 3 is 1.16 bits per heavy atom. The summed E-state index contributed by atoms with van der Waals surface area (Å²) in [6.07, 6.45) is 21.7. The highest BCUT2D eigenvalue weighted by molar-refractivity contribution is 4.91. The third kappa shape index (κ3) is 20.1. The van der Waals surface area contributed by atoms with Gasteiger partial charge in [-0.2, -0.15) is 0 Å². The topological polar surface area (TPSA) is 20.2 Å². The normalized spacial score (nSPS) is 17.8. The van der Waals surface area contributed by atoms with Gasteiger partial charge in [0.15, 0.2) is 0 Å². The van der Waals surface area contributed by atoms with Gasteiger partial charge in [-0.25, -0.2) is 0 Å². The average Bonchev–Trinajstić information content (AvgIpc) is 2.67. The molecule has 0 rings (SSSR count). The molecule has 5 atom stereocenters. The van der Waals surface area contributed by atoms with E-state index < -0.39 is 5.60 Å². The molecular weight excluding hydrogens is 376 g/mol. The van der Waals surface area contributed by atoms with Gasteiger partial charge in [0.25, 0.3) is 0 Å². The van der Waals surface area contributed by atoms with Crippen molar-refractivity contribution in [3.8, 4) is 0 Å². The number of rotatable bonds is 21. The first-order valence-corrected chi connectivity index (χ1v) is 13.9. The molecule has 0 aliphatic carbocycles. The zero-order valence-corrected chi connectivity index (χ0v) is 22.7. The van der Waals surface area contributed by atoms with Crippen LogP contribution in [0.1, 0.15) is 145 Å². The first-order valence-electron chi connectivity index (χ1n) is 13.9. The summed E-state index contributed by atoms with van der Waals surface area (Å²) in [5.74, 6) is 4.35. The SMILES string of the molecule is C=CC(C)(O)CCCC(C)CCCC(C)CCCC(C)CCCC(C)CCCC(C)C. The maximum absolute atomic E-state index is 10.0. The second kappa shape index (κ2) is 18.2. The van der Waals surface area contributed by atoms with Gasteiger partial charge in [0.2, 0.25) is 0 Å². The summed E-state index contributed by atoms with van der Waals surface area (Å²) in [7, 11) is 0. The predicted octanol–water partition coefficient (Wildman–Crippen LogP) is 9.98. The molecule has 186 valence electrons. The van der Waals surface area contributed by atoms with Crippen LogP contribution in [0.5, 0.6) is 0 Å². The van der Waals surface area contributed by atoms with Crippen LogP contribution < -0.4 is 0 Å².